The molecule has 0 radical (unpaired) electrons. The second kappa shape index (κ2) is 14.2. The molecule has 3 aromatic carbocycles. The molecule has 0 saturated heterocycles. The number of carbonyl (C=O) groups is 2. The quantitative estimate of drug-likeness (QED) is 0.283. The van der Waals surface area contributed by atoms with Gasteiger partial charge in [-0.25, -0.2) is 8.42 Å². The van der Waals surface area contributed by atoms with Crippen molar-refractivity contribution in [3.8, 4) is 5.75 Å². The second-order valence-corrected chi connectivity index (χ2v) is 12.2. The predicted octanol–water partition coefficient (Wildman–Crippen LogP) is 5.15. The zero-order valence-electron chi connectivity index (χ0n) is 24.8. The molecule has 0 aliphatic rings. The Bertz CT molecular complexity index is 1450. The van der Waals surface area contributed by atoms with Crippen molar-refractivity contribution in [1.82, 2.24) is 10.2 Å². The number of rotatable bonds is 13. The summed E-state index contributed by atoms with van der Waals surface area (Å²) in [5, 5.41) is 2.90. The van der Waals surface area contributed by atoms with E-state index in [0.717, 1.165) is 33.8 Å². The third kappa shape index (κ3) is 8.10. The van der Waals surface area contributed by atoms with Gasteiger partial charge in [-0.3, -0.25) is 13.9 Å². The van der Waals surface area contributed by atoms with E-state index in [-0.39, 0.29) is 17.3 Å². The lowest BCUT2D eigenvalue weighted by molar-refractivity contribution is -0.139. The summed E-state index contributed by atoms with van der Waals surface area (Å²) in [6, 6.07) is 18.5. The summed E-state index contributed by atoms with van der Waals surface area (Å²) in [6.45, 7) is 9.39. The summed E-state index contributed by atoms with van der Waals surface area (Å²) in [5.74, 6) is -0.175. The van der Waals surface area contributed by atoms with Crippen LogP contribution in [0.25, 0.3) is 0 Å². The number of nitrogens with one attached hydrogen (secondary N) is 1. The van der Waals surface area contributed by atoms with Crippen LogP contribution in [0.5, 0.6) is 5.75 Å². The molecule has 0 saturated carbocycles. The molecule has 0 bridgehead atoms. The van der Waals surface area contributed by atoms with Gasteiger partial charge in [-0.1, -0.05) is 55.3 Å². The molecule has 41 heavy (non-hydrogen) atoms. The molecule has 9 heteroatoms. The van der Waals surface area contributed by atoms with Gasteiger partial charge < -0.3 is 15.0 Å². The van der Waals surface area contributed by atoms with E-state index >= 15 is 0 Å². The van der Waals surface area contributed by atoms with Crippen LogP contribution < -0.4 is 14.4 Å². The molecule has 3 rings (SSSR count). The highest BCUT2D eigenvalue weighted by atomic mass is 32.2. The van der Waals surface area contributed by atoms with E-state index in [1.54, 1.807) is 56.5 Å². The molecule has 0 fully saturated rings. The fraction of sp³-hybridized carbons (Fsp3) is 0.375. The summed E-state index contributed by atoms with van der Waals surface area (Å²) in [7, 11) is -2.56. The summed E-state index contributed by atoms with van der Waals surface area (Å²) in [6.07, 6.45) is 1.74. The van der Waals surface area contributed by atoms with Crippen molar-refractivity contribution in [3.05, 3.63) is 89.0 Å². The number of hydrogen-bond acceptors (Lipinski definition) is 5. The number of carbonyl (C=O) groups excluding carboxylic acids is 2. The Balaban J connectivity index is 2.05. The Labute approximate surface area is 244 Å². The number of anilines is 1. The zero-order chi connectivity index (χ0) is 30.2. The molecule has 1 atom stereocenters. The standard InChI is InChI=1S/C32H41N3O5S/c1-7-8-18-33-32(37)26(5)34(21-27-10-9-11-28(20-27)40-6)31(36)22-35(30-19-24(3)12-15-25(30)4)41(38,39)29-16-13-23(2)14-17-29/h9-17,19-20,26H,7-8,18,21-22H2,1-6H3,(H,33,37)/t26-/m1/s1. The highest BCUT2D eigenvalue weighted by Crippen LogP contribution is 2.29. The average molecular weight is 580 g/mol. The van der Waals surface area contributed by atoms with Crippen LogP contribution in [0.4, 0.5) is 5.69 Å². The predicted molar refractivity (Wildman–Crippen MR) is 163 cm³/mol. The summed E-state index contributed by atoms with van der Waals surface area (Å²) in [4.78, 5) is 28.7. The SMILES string of the molecule is CCCCNC(=O)[C@@H](C)N(Cc1cccc(OC)c1)C(=O)CN(c1cc(C)ccc1C)S(=O)(=O)c1ccc(C)cc1. The van der Waals surface area contributed by atoms with E-state index in [4.69, 9.17) is 4.74 Å². The normalized spacial score (nSPS) is 12.0. The van der Waals surface area contributed by atoms with Gasteiger partial charge in [0.15, 0.2) is 0 Å². The van der Waals surface area contributed by atoms with Gasteiger partial charge in [0, 0.05) is 13.1 Å². The van der Waals surface area contributed by atoms with Crippen LogP contribution in [-0.4, -0.2) is 51.4 Å². The molecule has 0 aliphatic carbocycles. The molecular formula is C32H41N3O5S. The number of unbranched alkanes of at least 4 members (excludes halogenated alkanes) is 1. The number of benzene rings is 3. The highest BCUT2D eigenvalue weighted by Gasteiger charge is 2.33. The maximum Gasteiger partial charge on any atom is 0.264 e. The molecule has 3 aromatic rings. The van der Waals surface area contributed by atoms with Gasteiger partial charge in [0.2, 0.25) is 11.8 Å². The average Bonchev–Trinajstić information content (AvgIpc) is 2.95. The minimum atomic E-state index is -4.12. The molecule has 0 spiro atoms. The molecular weight excluding hydrogens is 538 g/mol. The van der Waals surface area contributed by atoms with Crippen LogP contribution in [0.15, 0.2) is 71.6 Å². The van der Waals surface area contributed by atoms with Crippen LogP contribution in [-0.2, 0) is 26.2 Å². The van der Waals surface area contributed by atoms with Gasteiger partial charge in [0.1, 0.15) is 18.3 Å². The number of nitrogens with zero attached hydrogens (tertiary/aromatic N) is 2. The number of hydrogen-bond donors (Lipinski definition) is 1. The smallest absolute Gasteiger partial charge is 0.264 e. The number of methoxy groups -OCH3 is 1. The summed E-state index contributed by atoms with van der Waals surface area (Å²) < 4.78 is 34.6. The second-order valence-electron chi connectivity index (χ2n) is 10.3. The van der Waals surface area contributed by atoms with Gasteiger partial charge in [-0.05, 0) is 81.1 Å². The first-order chi connectivity index (χ1) is 19.5. The molecule has 1 N–H and O–H groups in total. The maximum atomic E-state index is 14.1. The van der Waals surface area contributed by atoms with Crippen molar-refractivity contribution in [1.29, 1.82) is 0 Å². The lowest BCUT2D eigenvalue weighted by Crippen LogP contribution is -2.51. The Morgan fingerprint density at radius 2 is 1.63 bits per heavy atom. The van der Waals surface area contributed by atoms with Gasteiger partial charge >= 0.3 is 0 Å². The first kappa shape index (κ1) is 31.7. The molecule has 0 aliphatic heterocycles. The van der Waals surface area contributed by atoms with Crippen LogP contribution in [0.1, 0.15) is 48.9 Å². The first-order valence-corrected chi connectivity index (χ1v) is 15.3. The van der Waals surface area contributed by atoms with Crippen LogP contribution >= 0.6 is 0 Å². The molecule has 0 aromatic heterocycles. The minimum Gasteiger partial charge on any atom is -0.497 e. The summed E-state index contributed by atoms with van der Waals surface area (Å²) in [5.41, 5.74) is 3.67. The number of aryl methyl sites for hydroxylation is 3. The topological polar surface area (TPSA) is 96.0 Å². The highest BCUT2D eigenvalue weighted by molar-refractivity contribution is 7.92. The molecule has 8 nitrogen and oxygen atoms in total. The Kier molecular flexibility index (Phi) is 10.9. The van der Waals surface area contributed by atoms with Gasteiger partial charge in [-0.15, -0.1) is 0 Å². The largest absolute Gasteiger partial charge is 0.497 e. The van der Waals surface area contributed by atoms with Crippen LogP contribution in [0, 0.1) is 20.8 Å². The Morgan fingerprint density at radius 3 is 2.29 bits per heavy atom. The van der Waals surface area contributed by atoms with Gasteiger partial charge in [-0.2, -0.15) is 0 Å². The van der Waals surface area contributed by atoms with E-state index in [9.17, 15) is 18.0 Å². The molecule has 0 unspecified atom stereocenters. The first-order valence-electron chi connectivity index (χ1n) is 13.8. The van der Waals surface area contributed by atoms with E-state index in [0.29, 0.717) is 23.5 Å². The van der Waals surface area contributed by atoms with Crippen molar-refractivity contribution < 1.29 is 22.7 Å². The van der Waals surface area contributed by atoms with Gasteiger partial charge in [0.25, 0.3) is 10.0 Å². The lowest BCUT2D eigenvalue weighted by Gasteiger charge is -2.32. The number of sulfonamides is 1. The zero-order valence-corrected chi connectivity index (χ0v) is 25.6. The third-order valence-electron chi connectivity index (χ3n) is 7.01. The number of amides is 2. The van der Waals surface area contributed by atoms with Crippen LogP contribution in [0.3, 0.4) is 0 Å². The van der Waals surface area contributed by atoms with Crippen molar-refractivity contribution in [2.75, 3.05) is 24.5 Å². The van der Waals surface area contributed by atoms with Crippen molar-refractivity contribution in [2.24, 2.45) is 0 Å². The molecule has 220 valence electrons. The Hall–Kier alpha value is -3.85. The summed E-state index contributed by atoms with van der Waals surface area (Å²) >= 11 is 0. The van der Waals surface area contributed by atoms with Crippen molar-refractivity contribution >= 4 is 27.5 Å². The molecule has 2 amide bonds. The lowest BCUT2D eigenvalue weighted by atomic mass is 10.1. The van der Waals surface area contributed by atoms with Gasteiger partial charge in [0.05, 0.1) is 17.7 Å². The van der Waals surface area contributed by atoms with E-state index in [1.807, 2.05) is 52.0 Å². The van der Waals surface area contributed by atoms with Crippen molar-refractivity contribution in [2.45, 2.75) is 64.9 Å². The fourth-order valence-corrected chi connectivity index (χ4v) is 5.90. The van der Waals surface area contributed by atoms with Crippen LogP contribution in [0.2, 0.25) is 0 Å². The molecule has 0 heterocycles. The van der Waals surface area contributed by atoms with Crippen molar-refractivity contribution in [3.63, 3.8) is 0 Å². The van der Waals surface area contributed by atoms with E-state index in [1.165, 1.54) is 4.90 Å². The van der Waals surface area contributed by atoms with E-state index in [2.05, 4.69) is 5.32 Å². The Morgan fingerprint density at radius 1 is 0.951 bits per heavy atom. The fourth-order valence-electron chi connectivity index (χ4n) is 4.43. The number of ether oxygens (including phenoxy) is 1. The monoisotopic (exact) mass is 579 g/mol. The third-order valence-corrected chi connectivity index (χ3v) is 8.78. The van der Waals surface area contributed by atoms with E-state index < -0.39 is 28.5 Å². The minimum absolute atomic E-state index is 0.0847. The maximum absolute atomic E-state index is 14.1.